The summed E-state index contributed by atoms with van der Waals surface area (Å²) in [5.74, 6) is 1.37. The quantitative estimate of drug-likeness (QED) is 0.661. The molecule has 0 amide bonds. The smallest absolute Gasteiger partial charge is 0.138 e. The molecule has 1 aromatic heterocycles. The van der Waals surface area contributed by atoms with Crippen LogP contribution in [0.1, 0.15) is 19.4 Å². The number of allylic oxidation sites excluding steroid dienone is 2. The molecule has 0 atom stereocenters. The Kier molecular flexibility index (Phi) is 4.21. The third kappa shape index (κ3) is 3.08. The fourth-order valence-electron chi connectivity index (χ4n) is 2.65. The zero-order valence-corrected chi connectivity index (χ0v) is 14.0. The molecule has 2 N–H and O–H groups in total. The van der Waals surface area contributed by atoms with E-state index >= 15 is 0 Å². The molecule has 3 rings (SSSR count). The van der Waals surface area contributed by atoms with Crippen LogP contribution in [0.25, 0.3) is 22.3 Å². The summed E-state index contributed by atoms with van der Waals surface area (Å²) in [6.45, 7) is 4.01. The van der Waals surface area contributed by atoms with Gasteiger partial charge in [-0.05, 0) is 44.5 Å². The van der Waals surface area contributed by atoms with Crippen LogP contribution in [0.2, 0.25) is 0 Å². The Labute approximate surface area is 140 Å². The highest BCUT2D eigenvalue weighted by Crippen LogP contribution is 2.38. The van der Waals surface area contributed by atoms with Crippen LogP contribution in [0.15, 0.2) is 52.5 Å². The van der Waals surface area contributed by atoms with Gasteiger partial charge in [0.2, 0.25) is 0 Å². The molecule has 4 nitrogen and oxygen atoms in total. The maximum Gasteiger partial charge on any atom is 0.138 e. The zero-order chi connectivity index (χ0) is 17.3. The maximum atomic E-state index is 10.3. The first-order chi connectivity index (χ1) is 11.5. The Morgan fingerprint density at radius 3 is 2.62 bits per heavy atom. The maximum absolute atomic E-state index is 10.3. The van der Waals surface area contributed by atoms with Gasteiger partial charge in [0.1, 0.15) is 28.6 Å². The number of hydrogen-bond donors (Lipinski definition) is 2. The van der Waals surface area contributed by atoms with Crippen LogP contribution in [-0.2, 0) is 6.42 Å². The second-order valence-electron chi connectivity index (χ2n) is 5.99. The molecule has 3 aromatic rings. The monoisotopic (exact) mass is 324 g/mol. The molecular formula is C20H20O4. The fourth-order valence-corrected chi connectivity index (χ4v) is 2.65. The highest BCUT2D eigenvalue weighted by molar-refractivity contribution is 5.85. The van der Waals surface area contributed by atoms with E-state index in [-0.39, 0.29) is 11.5 Å². The molecule has 0 aliphatic rings. The van der Waals surface area contributed by atoms with Crippen molar-refractivity contribution in [3.63, 3.8) is 0 Å². The van der Waals surface area contributed by atoms with E-state index in [1.807, 2.05) is 44.2 Å². The van der Waals surface area contributed by atoms with Crippen molar-refractivity contribution in [3.8, 4) is 28.6 Å². The average Bonchev–Trinajstić information content (AvgIpc) is 2.95. The minimum absolute atomic E-state index is 0.00138. The highest BCUT2D eigenvalue weighted by Gasteiger charge is 2.15. The van der Waals surface area contributed by atoms with Gasteiger partial charge in [0, 0.05) is 28.6 Å². The average molecular weight is 324 g/mol. The Bertz CT molecular complexity index is 915. The first kappa shape index (κ1) is 16.0. The lowest BCUT2D eigenvalue weighted by Crippen LogP contribution is -1.89. The second kappa shape index (κ2) is 6.32. The molecule has 24 heavy (non-hydrogen) atoms. The summed E-state index contributed by atoms with van der Waals surface area (Å²) < 4.78 is 11.1. The summed E-state index contributed by atoms with van der Waals surface area (Å²) in [5, 5.41) is 21.1. The van der Waals surface area contributed by atoms with Gasteiger partial charge in [-0.15, -0.1) is 0 Å². The molecule has 4 heteroatoms. The molecule has 0 bridgehead atoms. The Balaban J connectivity index is 2.15. The second-order valence-corrected chi connectivity index (χ2v) is 5.99. The minimum atomic E-state index is 0.00138. The molecular weight excluding hydrogens is 304 g/mol. The van der Waals surface area contributed by atoms with Gasteiger partial charge in [-0.3, -0.25) is 0 Å². The van der Waals surface area contributed by atoms with Crippen molar-refractivity contribution in [1.29, 1.82) is 0 Å². The summed E-state index contributed by atoms with van der Waals surface area (Å²) >= 11 is 0. The normalized spacial score (nSPS) is 10.8. The number of fused-ring (bicyclic) bond motifs is 1. The summed E-state index contributed by atoms with van der Waals surface area (Å²) in [4.78, 5) is 0. The number of phenolic OH excluding ortho intramolecular Hbond substituents is 2. The first-order valence-electron chi connectivity index (χ1n) is 7.74. The third-order valence-corrected chi connectivity index (χ3v) is 3.92. The molecule has 1 heterocycles. The van der Waals surface area contributed by atoms with E-state index in [9.17, 15) is 10.2 Å². The van der Waals surface area contributed by atoms with E-state index in [1.54, 1.807) is 13.2 Å². The van der Waals surface area contributed by atoms with Gasteiger partial charge in [-0.2, -0.15) is 0 Å². The number of rotatable bonds is 4. The van der Waals surface area contributed by atoms with Crippen LogP contribution >= 0.6 is 0 Å². The number of aromatic hydroxyl groups is 2. The van der Waals surface area contributed by atoms with Crippen LogP contribution in [0.3, 0.4) is 0 Å². The molecule has 2 aromatic carbocycles. The summed E-state index contributed by atoms with van der Waals surface area (Å²) in [7, 11) is 1.61. The molecule has 0 unspecified atom stereocenters. The zero-order valence-electron chi connectivity index (χ0n) is 14.0. The molecule has 0 fully saturated rings. The predicted octanol–water partition coefficient (Wildman–Crippen LogP) is 5.03. The van der Waals surface area contributed by atoms with Crippen LogP contribution < -0.4 is 4.74 Å². The number of phenols is 2. The van der Waals surface area contributed by atoms with Gasteiger partial charge in [-0.1, -0.05) is 11.6 Å². The number of ether oxygens (including phenoxy) is 1. The van der Waals surface area contributed by atoms with E-state index in [2.05, 4.69) is 0 Å². The van der Waals surface area contributed by atoms with Gasteiger partial charge >= 0.3 is 0 Å². The Morgan fingerprint density at radius 1 is 1.12 bits per heavy atom. The lowest BCUT2D eigenvalue weighted by molar-refractivity contribution is 0.414. The van der Waals surface area contributed by atoms with E-state index < -0.39 is 0 Å². The largest absolute Gasteiger partial charge is 0.508 e. The predicted molar refractivity (Wildman–Crippen MR) is 94.7 cm³/mol. The van der Waals surface area contributed by atoms with Crippen LogP contribution in [0.5, 0.6) is 17.2 Å². The van der Waals surface area contributed by atoms with E-state index in [1.165, 1.54) is 6.07 Å². The van der Waals surface area contributed by atoms with Crippen LogP contribution in [0.4, 0.5) is 0 Å². The molecule has 0 aliphatic carbocycles. The molecule has 124 valence electrons. The van der Waals surface area contributed by atoms with Crippen molar-refractivity contribution in [2.24, 2.45) is 0 Å². The van der Waals surface area contributed by atoms with E-state index in [0.717, 1.165) is 16.5 Å². The SMILES string of the molecule is COc1ccc2cc(-c3cc(O)cc(O)c3CC=C(C)C)oc2c1. The minimum Gasteiger partial charge on any atom is -0.508 e. The van der Waals surface area contributed by atoms with Gasteiger partial charge in [-0.25, -0.2) is 0 Å². The lowest BCUT2D eigenvalue weighted by Gasteiger charge is -2.09. The van der Waals surface area contributed by atoms with Crippen molar-refractivity contribution in [2.75, 3.05) is 7.11 Å². The number of benzene rings is 2. The van der Waals surface area contributed by atoms with Gasteiger partial charge in [0.05, 0.1) is 7.11 Å². The summed E-state index contributed by atoms with van der Waals surface area (Å²) in [6, 6.07) is 10.5. The summed E-state index contributed by atoms with van der Waals surface area (Å²) in [5.41, 5.74) is 3.25. The number of methoxy groups -OCH3 is 1. The molecule has 0 spiro atoms. The van der Waals surface area contributed by atoms with Crippen molar-refractivity contribution >= 4 is 11.0 Å². The van der Waals surface area contributed by atoms with Gasteiger partial charge < -0.3 is 19.4 Å². The third-order valence-electron chi connectivity index (χ3n) is 3.92. The molecule has 0 saturated carbocycles. The van der Waals surface area contributed by atoms with E-state index in [0.29, 0.717) is 29.1 Å². The first-order valence-corrected chi connectivity index (χ1v) is 7.74. The molecule has 0 aliphatic heterocycles. The molecule has 0 radical (unpaired) electrons. The van der Waals surface area contributed by atoms with Crippen molar-refractivity contribution < 1.29 is 19.4 Å². The Morgan fingerprint density at radius 2 is 1.92 bits per heavy atom. The van der Waals surface area contributed by atoms with Crippen molar-refractivity contribution in [2.45, 2.75) is 20.3 Å². The van der Waals surface area contributed by atoms with Crippen molar-refractivity contribution in [3.05, 3.63) is 53.6 Å². The topological polar surface area (TPSA) is 62.8 Å². The lowest BCUT2D eigenvalue weighted by atomic mass is 9.99. The number of hydrogen-bond acceptors (Lipinski definition) is 4. The fraction of sp³-hybridized carbons (Fsp3) is 0.200. The number of furan rings is 1. The Hall–Kier alpha value is -2.88. The van der Waals surface area contributed by atoms with E-state index in [4.69, 9.17) is 9.15 Å². The standard InChI is InChI=1S/C20H20O4/c1-12(2)4-7-16-17(9-14(21)10-18(16)22)20-8-13-5-6-15(23-3)11-19(13)24-20/h4-6,8-11,21-22H,7H2,1-3H3. The van der Waals surface area contributed by atoms with Crippen LogP contribution in [-0.4, -0.2) is 17.3 Å². The van der Waals surface area contributed by atoms with Gasteiger partial charge in [0.25, 0.3) is 0 Å². The highest BCUT2D eigenvalue weighted by atomic mass is 16.5. The van der Waals surface area contributed by atoms with Crippen molar-refractivity contribution in [1.82, 2.24) is 0 Å². The van der Waals surface area contributed by atoms with Crippen LogP contribution in [0, 0.1) is 0 Å². The van der Waals surface area contributed by atoms with Gasteiger partial charge in [0.15, 0.2) is 0 Å². The molecule has 0 saturated heterocycles. The summed E-state index contributed by atoms with van der Waals surface area (Å²) in [6.07, 6.45) is 2.59.